The topological polar surface area (TPSA) is 72.4 Å². The van der Waals surface area contributed by atoms with E-state index in [4.69, 9.17) is 5.73 Å². The van der Waals surface area contributed by atoms with Crippen molar-refractivity contribution in [2.75, 3.05) is 19.6 Å². The van der Waals surface area contributed by atoms with Crippen LogP contribution in [-0.2, 0) is 6.42 Å². The smallest absolute Gasteiger partial charge is 0.269 e. The third-order valence-electron chi connectivity index (χ3n) is 3.86. The Bertz CT molecular complexity index is 419. The van der Waals surface area contributed by atoms with Crippen LogP contribution in [-0.4, -0.2) is 35.5 Å². The van der Waals surface area contributed by atoms with E-state index in [1.807, 2.05) is 12.1 Å². The lowest BCUT2D eigenvalue weighted by Crippen LogP contribution is -2.44. The molecule has 5 nitrogen and oxygen atoms in total. The number of non-ortho nitro benzene ring substituents is 1. The monoisotopic (exact) mass is 263 g/mol. The van der Waals surface area contributed by atoms with E-state index in [1.54, 1.807) is 12.1 Å². The summed E-state index contributed by atoms with van der Waals surface area (Å²) < 4.78 is 0. The van der Waals surface area contributed by atoms with E-state index in [1.165, 1.54) is 19.3 Å². The molecule has 1 atom stereocenters. The summed E-state index contributed by atoms with van der Waals surface area (Å²) in [6, 6.07) is 7.35. The van der Waals surface area contributed by atoms with E-state index < -0.39 is 0 Å². The molecule has 0 aromatic heterocycles. The summed E-state index contributed by atoms with van der Waals surface area (Å²) in [5.41, 5.74) is 7.10. The van der Waals surface area contributed by atoms with Gasteiger partial charge in [-0.2, -0.15) is 0 Å². The lowest BCUT2D eigenvalue weighted by molar-refractivity contribution is -0.384. The second-order valence-electron chi connectivity index (χ2n) is 5.09. The van der Waals surface area contributed by atoms with E-state index in [-0.39, 0.29) is 10.6 Å². The average Bonchev–Trinajstić information content (AvgIpc) is 2.45. The lowest BCUT2D eigenvalue weighted by Gasteiger charge is -2.34. The molecule has 1 fully saturated rings. The van der Waals surface area contributed by atoms with Crippen molar-refractivity contribution < 1.29 is 4.92 Å². The van der Waals surface area contributed by atoms with Crippen LogP contribution in [0.25, 0.3) is 0 Å². The van der Waals surface area contributed by atoms with Crippen LogP contribution in [0.15, 0.2) is 24.3 Å². The van der Waals surface area contributed by atoms with Crippen molar-refractivity contribution in [3.8, 4) is 0 Å². The Kier molecular flexibility index (Phi) is 4.87. The molecule has 1 unspecified atom stereocenters. The SMILES string of the molecule is NCC1CCCCN1CCc1ccc([N+](=O)[O-])cc1. The van der Waals surface area contributed by atoms with Crippen LogP contribution in [0.1, 0.15) is 24.8 Å². The maximum atomic E-state index is 10.6. The molecule has 1 heterocycles. The van der Waals surface area contributed by atoms with Crippen LogP contribution in [0.4, 0.5) is 5.69 Å². The van der Waals surface area contributed by atoms with Crippen molar-refractivity contribution in [3.05, 3.63) is 39.9 Å². The van der Waals surface area contributed by atoms with Gasteiger partial charge in [0.2, 0.25) is 0 Å². The van der Waals surface area contributed by atoms with Crippen molar-refractivity contribution in [1.82, 2.24) is 4.90 Å². The second kappa shape index (κ2) is 6.63. The van der Waals surface area contributed by atoms with Crippen LogP contribution < -0.4 is 5.73 Å². The molecule has 1 aromatic carbocycles. The number of nitrogens with two attached hydrogens (primary N) is 1. The van der Waals surface area contributed by atoms with Gasteiger partial charge in [-0.3, -0.25) is 15.0 Å². The number of benzene rings is 1. The molecule has 1 aliphatic rings. The largest absolute Gasteiger partial charge is 0.329 e. The fraction of sp³-hybridized carbons (Fsp3) is 0.571. The van der Waals surface area contributed by atoms with Crippen LogP contribution >= 0.6 is 0 Å². The number of nitro groups is 1. The quantitative estimate of drug-likeness (QED) is 0.651. The maximum absolute atomic E-state index is 10.6. The Labute approximate surface area is 113 Å². The van der Waals surface area contributed by atoms with Crippen molar-refractivity contribution in [2.24, 2.45) is 5.73 Å². The number of rotatable bonds is 5. The summed E-state index contributed by atoms with van der Waals surface area (Å²) in [5.74, 6) is 0. The molecule has 1 aliphatic heterocycles. The first kappa shape index (κ1) is 14.0. The molecule has 0 bridgehead atoms. The number of hydrogen-bond donors (Lipinski definition) is 1. The van der Waals surface area contributed by atoms with Gasteiger partial charge in [0.1, 0.15) is 0 Å². The fourth-order valence-corrected chi connectivity index (χ4v) is 2.68. The average molecular weight is 263 g/mol. The summed E-state index contributed by atoms with van der Waals surface area (Å²) >= 11 is 0. The van der Waals surface area contributed by atoms with Crippen LogP contribution in [0, 0.1) is 10.1 Å². The van der Waals surface area contributed by atoms with E-state index in [0.717, 1.165) is 31.6 Å². The molecule has 1 aromatic rings. The van der Waals surface area contributed by atoms with Gasteiger partial charge < -0.3 is 5.73 Å². The van der Waals surface area contributed by atoms with Gasteiger partial charge in [-0.25, -0.2) is 0 Å². The van der Waals surface area contributed by atoms with Crippen LogP contribution in [0.3, 0.4) is 0 Å². The Morgan fingerprint density at radius 2 is 2.05 bits per heavy atom. The fourth-order valence-electron chi connectivity index (χ4n) is 2.68. The van der Waals surface area contributed by atoms with Gasteiger partial charge in [0.25, 0.3) is 5.69 Å². The standard InChI is InChI=1S/C14H21N3O2/c15-11-14-3-1-2-9-16(14)10-8-12-4-6-13(7-5-12)17(18)19/h4-7,14H,1-3,8-11,15H2. The zero-order chi connectivity index (χ0) is 13.7. The molecule has 5 heteroatoms. The molecule has 0 spiro atoms. The summed E-state index contributed by atoms with van der Waals surface area (Å²) in [4.78, 5) is 12.7. The zero-order valence-corrected chi connectivity index (χ0v) is 11.1. The molecule has 104 valence electrons. The van der Waals surface area contributed by atoms with E-state index >= 15 is 0 Å². The van der Waals surface area contributed by atoms with Gasteiger partial charge >= 0.3 is 0 Å². The highest BCUT2D eigenvalue weighted by atomic mass is 16.6. The first-order valence-electron chi connectivity index (χ1n) is 6.88. The molecule has 2 rings (SSSR count). The molecular formula is C14H21N3O2. The van der Waals surface area contributed by atoms with Gasteiger partial charge in [0, 0.05) is 31.3 Å². The molecule has 1 saturated heterocycles. The summed E-state index contributed by atoms with van der Waals surface area (Å²) in [5, 5.41) is 10.6. The molecule has 0 aliphatic carbocycles. The van der Waals surface area contributed by atoms with E-state index in [9.17, 15) is 10.1 Å². The Hall–Kier alpha value is -1.46. The van der Waals surface area contributed by atoms with Gasteiger partial charge in [-0.05, 0) is 31.4 Å². The Balaban J connectivity index is 1.88. The molecule has 0 radical (unpaired) electrons. The van der Waals surface area contributed by atoms with E-state index in [2.05, 4.69) is 4.90 Å². The van der Waals surface area contributed by atoms with Crippen molar-refractivity contribution in [1.29, 1.82) is 0 Å². The van der Waals surface area contributed by atoms with Gasteiger partial charge in [-0.1, -0.05) is 18.6 Å². The van der Waals surface area contributed by atoms with Gasteiger partial charge in [0.15, 0.2) is 0 Å². The number of nitrogens with zero attached hydrogens (tertiary/aromatic N) is 2. The highest BCUT2D eigenvalue weighted by molar-refractivity contribution is 5.32. The second-order valence-corrected chi connectivity index (χ2v) is 5.09. The maximum Gasteiger partial charge on any atom is 0.269 e. The summed E-state index contributed by atoms with van der Waals surface area (Å²) in [6.45, 7) is 2.83. The number of nitro benzene ring substituents is 1. The molecule has 0 saturated carbocycles. The van der Waals surface area contributed by atoms with Crippen LogP contribution in [0.2, 0.25) is 0 Å². The highest BCUT2D eigenvalue weighted by Crippen LogP contribution is 2.17. The minimum atomic E-state index is -0.362. The number of hydrogen-bond acceptors (Lipinski definition) is 4. The Morgan fingerprint density at radius 1 is 1.32 bits per heavy atom. The van der Waals surface area contributed by atoms with Crippen molar-refractivity contribution in [3.63, 3.8) is 0 Å². The minimum absolute atomic E-state index is 0.154. The number of likely N-dealkylation sites (tertiary alicyclic amines) is 1. The predicted octanol–water partition coefficient (Wildman–Crippen LogP) is 1.95. The summed E-state index contributed by atoms with van der Waals surface area (Å²) in [7, 11) is 0. The highest BCUT2D eigenvalue weighted by Gasteiger charge is 2.20. The molecule has 2 N–H and O–H groups in total. The zero-order valence-electron chi connectivity index (χ0n) is 11.1. The number of piperidine rings is 1. The first-order valence-corrected chi connectivity index (χ1v) is 6.88. The molecule has 19 heavy (non-hydrogen) atoms. The van der Waals surface area contributed by atoms with Gasteiger partial charge in [0.05, 0.1) is 4.92 Å². The summed E-state index contributed by atoms with van der Waals surface area (Å²) in [6.07, 6.45) is 4.64. The first-order chi connectivity index (χ1) is 9.20. The van der Waals surface area contributed by atoms with Crippen molar-refractivity contribution in [2.45, 2.75) is 31.7 Å². The molecular weight excluding hydrogens is 242 g/mol. The third kappa shape index (κ3) is 3.75. The normalized spacial score (nSPS) is 20.4. The van der Waals surface area contributed by atoms with Crippen LogP contribution in [0.5, 0.6) is 0 Å². The Morgan fingerprint density at radius 3 is 2.68 bits per heavy atom. The van der Waals surface area contributed by atoms with Crippen molar-refractivity contribution >= 4 is 5.69 Å². The van der Waals surface area contributed by atoms with Gasteiger partial charge in [-0.15, -0.1) is 0 Å². The lowest BCUT2D eigenvalue weighted by atomic mass is 10.0. The van der Waals surface area contributed by atoms with E-state index in [0.29, 0.717) is 6.04 Å². The molecule has 0 amide bonds. The third-order valence-corrected chi connectivity index (χ3v) is 3.86. The minimum Gasteiger partial charge on any atom is -0.329 e. The predicted molar refractivity (Wildman–Crippen MR) is 75.1 cm³/mol.